The summed E-state index contributed by atoms with van der Waals surface area (Å²) in [6.45, 7) is 1.81. The number of piperazine rings is 1. The first-order valence-electron chi connectivity index (χ1n) is 9.46. The predicted octanol–water partition coefficient (Wildman–Crippen LogP) is 1.88. The van der Waals surface area contributed by atoms with Crippen molar-refractivity contribution in [3.05, 3.63) is 70.0 Å². The van der Waals surface area contributed by atoms with E-state index < -0.39 is 11.0 Å². The Hall–Kier alpha value is -3.69. The molecule has 0 spiro atoms. The van der Waals surface area contributed by atoms with Gasteiger partial charge >= 0.3 is 6.03 Å². The van der Waals surface area contributed by atoms with Crippen LogP contribution in [-0.2, 0) is 11.3 Å². The molecule has 1 heterocycles. The Labute approximate surface area is 172 Å². The number of para-hydroxylation sites is 2. The van der Waals surface area contributed by atoms with E-state index in [-0.39, 0.29) is 30.5 Å². The summed E-state index contributed by atoms with van der Waals surface area (Å²) >= 11 is 0. The van der Waals surface area contributed by atoms with Gasteiger partial charge in [0.1, 0.15) is 11.5 Å². The molecule has 0 bridgehead atoms. The van der Waals surface area contributed by atoms with E-state index >= 15 is 0 Å². The van der Waals surface area contributed by atoms with Crippen LogP contribution >= 0.6 is 0 Å². The van der Waals surface area contributed by atoms with Crippen LogP contribution in [0.4, 0.5) is 20.6 Å². The van der Waals surface area contributed by atoms with E-state index in [1.807, 2.05) is 4.90 Å². The Morgan fingerprint density at radius 3 is 2.33 bits per heavy atom. The summed E-state index contributed by atoms with van der Waals surface area (Å²) in [6, 6.07) is 11.8. The Balaban J connectivity index is 1.42. The number of urea groups is 1. The molecule has 3 amide bonds. The maximum absolute atomic E-state index is 12.9. The predicted molar refractivity (Wildman–Crippen MR) is 109 cm³/mol. The first-order valence-corrected chi connectivity index (χ1v) is 9.46. The van der Waals surface area contributed by atoms with Gasteiger partial charge in [0.05, 0.1) is 11.5 Å². The summed E-state index contributed by atoms with van der Waals surface area (Å²) in [7, 11) is 0. The maximum Gasteiger partial charge on any atom is 0.315 e. The van der Waals surface area contributed by atoms with Gasteiger partial charge in [0, 0.05) is 38.8 Å². The molecule has 2 N–H and O–H groups in total. The van der Waals surface area contributed by atoms with Gasteiger partial charge in [0.25, 0.3) is 5.69 Å². The summed E-state index contributed by atoms with van der Waals surface area (Å²) in [6.07, 6.45) is 0. The third-order valence-corrected chi connectivity index (χ3v) is 4.82. The van der Waals surface area contributed by atoms with Crippen molar-refractivity contribution in [3.8, 4) is 0 Å². The quantitative estimate of drug-likeness (QED) is 0.553. The van der Waals surface area contributed by atoms with Gasteiger partial charge in [-0.2, -0.15) is 0 Å². The fourth-order valence-electron chi connectivity index (χ4n) is 3.20. The highest BCUT2D eigenvalue weighted by Gasteiger charge is 2.25. The molecule has 10 heteroatoms. The molecule has 2 aromatic carbocycles. The van der Waals surface area contributed by atoms with Gasteiger partial charge in [-0.1, -0.05) is 24.3 Å². The van der Waals surface area contributed by atoms with Crippen LogP contribution in [0.3, 0.4) is 0 Å². The molecule has 1 aliphatic rings. The number of halogens is 1. The molecule has 1 aliphatic heterocycles. The van der Waals surface area contributed by atoms with Crippen molar-refractivity contribution in [1.29, 1.82) is 0 Å². The Morgan fingerprint density at radius 1 is 1.00 bits per heavy atom. The van der Waals surface area contributed by atoms with E-state index in [1.54, 1.807) is 35.2 Å². The number of rotatable bonds is 6. The molecule has 0 aromatic heterocycles. The summed E-state index contributed by atoms with van der Waals surface area (Å²) in [5, 5.41) is 16.3. The standard InChI is InChI=1S/C20H22FN5O4/c21-16-7-5-15(6-8-16)13-22-20(28)23-14-19(27)25-11-9-24(10-12-25)17-3-1-2-4-18(17)26(29)30/h1-8H,9-14H2,(H2,22,23,28). The zero-order valence-electron chi connectivity index (χ0n) is 16.2. The van der Waals surface area contributed by atoms with Crippen molar-refractivity contribution >= 4 is 23.3 Å². The maximum atomic E-state index is 12.9. The van der Waals surface area contributed by atoms with Crippen LogP contribution in [0.15, 0.2) is 48.5 Å². The van der Waals surface area contributed by atoms with Crippen molar-refractivity contribution in [2.24, 2.45) is 0 Å². The highest BCUT2D eigenvalue weighted by atomic mass is 19.1. The van der Waals surface area contributed by atoms with Gasteiger partial charge in [0.2, 0.25) is 5.91 Å². The molecular weight excluding hydrogens is 393 g/mol. The van der Waals surface area contributed by atoms with Crippen LogP contribution in [0.25, 0.3) is 0 Å². The molecule has 0 radical (unpaired) electrons. The molecule has 3 rings (SSSR count). The van der Waals surface area contributed by atoms with E-state index in [4.69, 9.17) is 0 Å². The van der Waals surface area contributed by atoms with Gasteiger partial charge in [-0.05, 0) is 23.8 Å². The largest absolute Gasteiger partial charge is 0.362 e. The van der Waals surface area contributed by atoms with E-state index in [2.05, 4.69) is 10.6 Å². The Morgan fingerprint density at radius 2 is 1.67 bits per heavy atom. The van der Waals surface area contributed by atoms with Gasteiger partial charge < -0.3 is 20.4 Å². The number of nitro benzene ring substituents is 1. The molecule has 0 unspecified atom stereocenters. The Bertz CT molecular complexity index is 914. The number of anilines is 1. The van der Waals surface area contributed by atoms with Crippen LogP contribution < -0.4 is 15.5 Å². The molecule has 0 atom stereocenters. The number of nitro groups is 1. The van der Waals surface area contributed by atoms with Gasteiger partial charge in [-0.25, -0.2) is 9.18 Å². The second-order valence-electron chi connectivity index (χ2n) is 6.78. The summed E-state index contributed by atoms with van der Waals surface area (Å²) in [5.74, 6) is -0.579. The van der Waals surface area contributed by atoms with Crippen LogP contribution in [0, 0.1) is 15.9 Å². The van der Waals surface area contributed by atoms with Crippen molar-refractivity contribution in [2.45, 2.75) is 6.54 Å². The smallest absolute Gasteiger partial charge is 0.315 e. The van der Waals surface area contributed by atoms with Gasteiger partial charge in [0.15, 0.2) is 0 Å². The lowest BCUT2D eigenvalue weighted by molar-refractivity contribution is -0.384. The third-order valence-electron chi connectivity index (χ3n) is 4.82. The van der Waals surface area contributed by atoms with Gasteiger partial charge in [-0.15, -0.1) is 0 Å². The Kier molecular flexibility index (Phi) is 6.79. The molecule has 2 aromatic rings. The highest BCUT2D eigenvalue weighted by Crippen LogP contribution is 2.28. The van der Waals surface area contributed by atoms with E-state index in [9.17, 15) is 24.1 Å². The average Bonchev–Trinajstić information content (AvgIpc) is 2.77. The van der Waals surface area contributed by atoms with E-state index in [0.29, 0.717) is 31.9 Å². The molecular formula is C20H22FN5O4. The van der Waals surface area contributed by atoms with Crippen LogP contribution in [0.2, 0.25) is 0 Å². The molecule has 158 valence electrons. The molecule has 0 aliphatic carbocycles. The molecule has 1 fully saturated rings. The summed E-state index contributed by atoms with van der Waals surface area (Å²) in [4.78, 5) is 38.5. The van der Waals surface area contributed by atoms with Gasteiger partial charge in [-0.3, -0.25) is 14.9 Å². The first kappa shape index (κ1) is 21.0. The van der Waals surface area contributed by atoms with Crippen molar-refractivity contribution < 1.29 is 18.9 Å². The van der Waals surface area contributed by atoms with Crippen LogP contribution in [-0.4, -0.2) is 54.5 Å². The number of benzene rings is 2. The summed E-state index contributed by atoms with van der Waals surface area (Å²) in [5.41, 5.74) is 1.31. The average molecular weight is 415 g/mol. The van der Waals surface area contributed by atoms with Crippen LogP contribution in [0.1, 0.15) is 5.56 Å². The monoisotopic (exact) mass is 415 g/mol. The zero-order chi connectivity index (χ0) is 21.5. The normalized spacial score (nSPS) is 13.6. The second-order valence-corrected chi connectivity index (χ2v) is 6.78. The van der Waals surface area contributed by atoms with Crippen LogP contribution in [0.5, 0.6) is 0 Å². The number of hydrogen-bond donors (Lipinski definition) is 2. The fraction of sp³-hybridized carbons (Fsp3) is 0.300. The topological polar surface area (TPSA) is 108 Å². The number of hydrogen-bond acceptors (Lipinski definition) is 5. The highest BCUT2D eigenvalue weighted by molar-refractivity contribution is 5.84. The van der Waals surface area contributed by atoms with E-state index in [0.717, 1.165) is 5.56 Å². The lowest BCUT2D eigenvalue weighted by atomic mass is 10.2. The SMILES string of the molecule is O=C(NCC(=O)N1CCN(c2ccccc2[N+](=O)[O-])CC1)NCc1ccc(F)cc1. The molecule has 0 saturated carbocycles. The van der Waals surface area contributed by atoms with Crippen molar-refractivity contribution in [3.63, 3.8) is 0 Å². The van der Waals surface area contributed by atoms with E-state index in [1.165, 1.54) is 18.2 Å². The fourth-order valence-corrected chi connectivity index (χ4v) is 3.20. The lowest BCUT2D eigenvalue weighted by Crippen LogP contribution is -2.52. The third kappa shape index (κ3) is 5.43. The number of amides is 3. The minimum atomic E-state index is -0.494. The lowest BCUT2D eigenvalue weighted by Gasteiger charge is -2.35. The number of carbonyl (C=O) groups is 2. The van der Waals surface area contributed by atoms with Crippen molar-refractivity contribution in [2.75, 3.05) is 37.6 Å². The second kappa shape index (κ2) is 9.68. The number of nitrogens with one attached hydrogen (secondary N) is 2. The zero-order valence-corrected chi connectivity index (χ0v) is 16.2. The number of carbonyl (C=O) groups excluding carboxylic acids is 2. The molecule has 30 heavy (non-hydrogen) atoms. The first-order chi connectivity index (χ1) is 14.4. The minimum absolute atomic E-state index is 0.0387. The summed E-state index contributed by atoms with van der Waals surface area (Å²) < 4.78 is 12.9. The number of nitrogens with zero attached hydrogens (tertiary/aromatic N) is 3. The van der Waals surface area contributed by atoms with Crippen molar-refractivity contribution in [1.82, 2.24) is 15.5 Å². The molecule has 1 saturated heterocycles. The molecule has 9 nitrogen and oxygen atoms in total. The minimum Gasteiger partial charge on any atom is -0.362 e.